The molecule has 0 aromatic carbocycles. The molecular formula is C13H19N5. The van der Waals surface area contributed by atoms with Gasteiger partial charge in [-0.15, -0.1) is 0 Å². The van der Waals surface area contributed by atoms with Gasteiger partial charge in [0.05, 0.1) is 6.33 Å². The summed E-state index contributed by atoms with van der Waals surface area (Å²) in [4.78, 5) is 15.7. The maximum Gasteiger partial charge on any atom is 0.182 e. The molecule has 5 nitrogen and oxygen atoms in total. The molecule has 96 valence electrons. The van der Waals surface area contributed by atoms with Crippen LogP contribution in [0.2, 0.25) is 0 Å². The summed E-state index contributed by atoms with van der Waals surface area (Å²) < 4.78 is 0. The second-order valence-electron chi connectivity index (χ2n) is 5.11. The molecule has 2 aromatic heterocycles. The minimum Gasteiger partial charge on any atom is -0.365 e. The number of nitrogens with zero attached hydrogens (tertiary/aromatic N) is 3. The Kier molecular flexibility index (Phi) is 3.13. The monoisotopic (exact) mass is 245 g/mol. The molecule has 1 aliphatic rings. The Labute approximate surface area is 106 Å². The number of nitrogens with one attached hydrogen (secondary N) is 2. The minimum absolute atomic E-state index is 0.532. The van der Waals surface area contributed by atoms with Crippen molar-refractivity contribution in [1.29, 1.82) is 0 Å². The molecule has 5 heteroatoms. The van der Waals surface area contributed by atoms with Crippen LogP contribution in [0.15, 0.2) is 12.7 Å². The van der Waals surface area contributed by atoms with Gasteiger partial charge in [-0.2, -0.15) is 0 Å². The third-order valence-electron chi connectivity index (χ3n) is 3.92. The van der Waals surface area contributed by atoms with Crippen molar-refractivity contribution in [3.05, 3.63) is 12.7 Å². The summed E-state index contributed by atoms with van der Waals surface area (Å²) in [5, 5.41) is 3.55. The molecule has 2 aromatic rings. The fraction of sp³-hybridized carbons (Fsp3) is 0.615. The van der Waals surface area contributed by atoms with Crippen molar-refractivity contribution >= 4 is 17.0 Å². The first-order valence-corrected chi connectivity index (χ1v) is 6.77. The zero-order valence-corrected chi connectivity index (χ0v) is 10.7. The number of rotatable bonds is 3. The number of anilines is 1. The summed E-state index contributed by atoms with van der Waals surface area (Å²) >= 11 is 0. The SMILES string of the molecule is CCC1CCCC(Nc2ncnc3nc[nH]c23)C1. The predicted molar refractivity (Wildman–Crippen MR) is 71.3 cm³/mol. The van der Waals surface area contributed by atoms with Crippen molar-refractivity contribution in [2.24, 2.45) is 5.92 Å². The van der Waals surface area contributed by atoms with Crippen molar-refractivity contribution in [1.82, 2.24) is 19.9 Å². The average molecular weight is 245 g/mol. The normalized spacial score (nSPS) is 24.3. The predicted octanol–water partition coefficient (Wildman–Crippen LogP) is 2.73. The Morgan fingerprint density at radius 1 is 1.33 bits per heavy atom. The van der Waals surface area contributed by atoms with Crippen LogP contribution in [0.5, 0.6) is 0 Å². The van der Waals surface area contributed by atoms with E-state index in [2.05, 4.69) is 32.2 Å². The van der Waals surface area contributed by atoms with E-state index in [1.54, 1.807) is 12.7 Å². The molecule has 2 N–H and O–H groups in total. The van der Waals surface area contributed by atoms with Gasteiger partial charge in [-0.3, -0.25) is 0 Å². The van der Waals surface area contributed by atoms with E-state index in [4.69, 9.17) is 0 Å². The summed E-state index contributed by atoms with van der Waals surface area (Å²) in [6.07, 6.45) is 9.69. The van der Waals surface area contributed by atoms with Crippen molar-refractivity contribution in [3.8, 4) is 0 Å². The van der Waals surface area contributed by atoms with Crippen LogP contribution < -0.4 is 5.32 Å². The van der Waals surface area contributed by atoms with Crippen molar-refractivity contribution in [2.75, 3.05) is 5.32 Å². The lowest BCUT2D eigenvalue weighted by Gasteiger charge is -2.29. The minimum atomic E-state index is 0.532. The lowest BCUT2D eigenvalue weighted by atomic mass is 9.84. The Hall–Kier alpha value is -1.65. The van der Waals surface area contributed by atoms with Crippen molar-refractivity contribution < 1.29 is 0 Å². The van der Waals surface area contributed by atoms with E-state index in [-0.39, 0.29) is 0 Å². The zero-order valence-electron chi connectivity index (χ0n) is 10.7. The van der Waals surface area contributed by atoms with Gasteiger partial charge >= 0.3 is 0 Å². The highest BCUT2D eigenvalue weighted by Gasteiger charge is 2.21. The third kappa shape index (κ3) is 2.17. The van der Waals surface area contributed by atoms with Crippen LogP contribution in [0.3, 0.4) is 0 Å². The quantitative estimate of drug-likeness (QED) is 0.872. The summed E-state index contributed by atoms with van der Waals surface area (Å²) in [5.74, 6) is 1.74. The number of imidazole rings is 1. The molecule has 18 heavy (non-hydrogen) atoms. The molecule has 2 atom stereocenters. The van der Waals surface area contributed by atoms with Gasteiger partial charge < -0.3 is 10.3 Å². The number of hydrogen-bond donors (Lipinski definition) is 2. The number of hydrogen-bond acceptors (Lipinski definition) is 4. The fourth-order valence-electron chi connectivity index (χ4n) is 2.86. The lowest BCUT2D eigenvalue weighted by molar-refractivity contribution is 0.327. The van der Waals surface area contributed by atoms with E-state index >= 15 is 0 Å². The van der Waals surface area contributed by atoms with Crippen LogP contribution in [0, 0.1) is 5.92 Å². The Balaban J connectivity index is 1.77. The smallest absolute Gasteiger partial charge is 0.182 e. The van der Waals surface area contributed by atoms with E-state index in [9.17, 15) is 0 Å². The van der Waals surface area contributed by atoms with Gasteiger partial charge in [0.25, 0.3) is 0 Å². The Bertz CT molecular complexity index is 521. The maximum atomic E-state index is 4.33. The van der Waals surface area contributed by atoms with E-state index in [0.717, 1.165) is 22.9 Å². The van der Waals surface area contributed by atoms with Gasteiger partial charge in [0.15, 0.2) is 11.5 Å². The lowest BCUT2D eigenvalue weighted by Crippen LogP contribution is -2.27. The van der Waals surface area contributed by atoms with E-state index in [1.165, 1.54) is 32.1 Å². The molecule has 0 bridgehead atoms. The van der Waals surface area contributed by atoms with Crippen molar-refractivity contribution in [2.45, 2.75) is 45.1 Å². The van der Waals surface area contributed by atoms with E-state index in [1.807, 2.05) is 0 Å². The third-order valence-corrected chi connectivity index (χ3v) is 3.92. The largest absolute Gasteiger partial charge is 0.365 e. The second-order valence-corrected chi connectivity index (χ2v) is 5.11. The first kappa shape index (κ1) is 11.4. The summed E-state index contributed by atoms with van der Waals surface area (Å²) in [5.41, 5.74) is 1.64. The number of H-pyrrole nitrogens is 1. The first-order valence-electron chi connectivity index (χ1n) is 6.77. The van der Waals surface area contributed by atoms with Gasteiger partial charge in [0, 0.05) is 6.04 Å². The maximum absolute atomic E-state index is 4.33. The standard InChI is InChI=1S/C13H19N5/c1-2-9-4-3-5-10(6-9)18-13-11-12(15-7-14-11)16-8-17-13/h7-10H,2-6H2,1H3,(H2,14,15,16,17,18). The molecule has 1 saturated carbocycles. The molecule has 0 saturated heterocycles. The summed E-state index contributed by atoms with van der Waals surface area (Å²) in [7, 11) is 0. The molecule has 1 fully saturated rings. The molecule has 0 aliphatic heterocycles. The molecular weight excluding hydrogens is 226 g/mol. The van der Waals surface area contributed by atoms with Crippen molar-refractivity contribution in [3.63, 3.8) is 0 Å². The highest BCUT2D eigenvalue weighted by atomic mass is 15.1. The van der Waals surface area contributed by atoms with Gasteiger partial charge in [-0.25, -0.2) is 15.0 Å². The van der Waals surface area contributed by atoms with E-state index < -0.39 is 0 Å². The Morgan fingerprint density at radius 2 is 2.28 bits per heavy atom. The molecule has 0 spiro atoms. The van der Waals surface area contributed by atoms with Crippen LogP contribution in [-0.4, -0.2) is 26.0 Å². The zero-order chi connectivity index (χ0) is 12.4. The highest BCUT2D eigenvalue weighted by Crippen LogP contribution is 2.29. The first-order chi connectivity index (χ1) is 8.86. The van der Waals surface area contributed by atoms with Gasteiger partial charge in [0.2, 0.25) is 0 Å². The average Bonchev–Trinajstić information content (AvgIpc) is 2.88. The molecule has 0 radical (unpaired) electrons. The molecule has 3 rings (SSSR count). The Morgan fingerprint density at radius 3 is 3.17 bits per heavy atom. The van der Waals surface area contributed by atoms with Crippen LogP contribution >= 0.6 is 0 Å². The molecule has 0 amide bonds. The fourth-order valence-corrected chi connectivity index (χ4v) is 2.86. The van der Waals surface area contributed by atoms with Crippen LogP contribution in [-0.2, 0) is 0 Å². The van der Waals surface area contributed by atoms with Crippen LogP contribution in [0.25, 0.3) is 11.2 Å². The topological polar surface area (TPSA) is 66.5 Å². The van der Waals surface area contributed by atoms with Gasteiger partial charge in [-0.1, -0.05) is 26.2 Å². The second kappa shape index (κ2) is 4.92. The van der Waals surface area contributed by atoms with Gasteiger partial charge in [-0.05, 0) is 18.8 Å². The molecule has 1 aliphatic carbocycles. The number of fused-ring (bicyclic) bond motifs is 1. The molecule has 2 heterocycles. The molecule has 2 unspecified atom stereocenters. The van der Waals surface area contributed by atoms with Gasteiger partial charge in [0.1, 0.15) is 11.8 Å². The van der Waals surface area contributed by atoms with Crippen LogP contribution in [0.4, 0.5) is 5.82 Å². The van der Waals surface area contributed by atoms with E-state index in [0.29, 0.717) is 6.04 Å². The number of aromatic nitrogens is 4. The summed E-state index contributed by atoms with van der Waals surface area (Å²) in [6, 6.07) is 0.532. The van der Waals surface area contributed by atoms with Crippen LogP contribution in [0.1, 0.15) is 39.0 Å². The summed E-state index contributed by atoms with van der Waals surface area (Å²) in [6.45, 7) is 2.28. The highest BCUT2D eigenvalue weighted by molar-refractivity contribution is 5.82. The number of aromatic amines is 1.